The Morgan fingerprint density at radius 1 is 1.53 bits per heavy atom. The third kappa shape index (κ3) is 4.40. The molecule has 94 valence electrons. The lowest BCUT2D eigenvalue weighted by Crippen LogP contribution is -2.34. The molecule has 0 fully saturated rings. The Morgan fingerprint density at radius 2 is 2.24 bits per heavy atom. The van der Waals surface area contributed by atoms with E-state index in [2.05, 4.69) is 5.32 Å². The second-order valence-electron chi connectivity index (χ2n) is 3.98. The monoisotopic (exact) mass is 240 g/mol. The normalized spacial score (nSPS) is 10.4. The Labute approximate surface area is 100.0 Å². The smallest absolute Gasteiger partial charge is 0.258 e. The Kier molecular flexibility index (Phi) is 4.90. The molecule has 0 atom stereocenters. The van der Waals surface area contributed by atoms with Crippen LogP contribution in [-0.4, -0.2) is 18.6 Å². The predicted octanol–water partition coefficient (Wildman–Crippen LogP) is 1.19. The molecule has 0 heterocycles. The maximum absolute atomic E-state index is 13.4. The zero-order chi connectivity index (χ0) is 12.8. The number of ether oxygens (including phenoxy) is 1. The number of rotatable bonds is 5. The van der Waals surface area contributed by atoms with Gasteiger partial charge < -0.3 is 15.8 Å². The second kappa shape index (κ2) is 6.20. The highest BCUT2D eigenvalue weighted by atomic mass is 19.1. The molecule has 1 amide bonds. The second-order valence-corrected chi connectivity index (χ2v) is 3.98. The first-order chi connectivity index (χ1) is 8.02. The van der Waals surface area contributed by atoms with Gasteiger partial charge in [0.1, 0.15) is 0 Å². The van der Waals surface area contributed by atoms with Crippen molar-refractivity contribution in [1.29, 1.82) is 0 Å². The summed E-state index contributed by atoms with van der Waals surface area (Å²) in [5.41, 5.74) is 6.06. The van der Waals surface area contributed by atoms with Crippen molar-refractivity contribution >= 4 is 5.91 Å². The van der Waals surface area contributed by atoms with E-state index in [1.165, 1.54) is 12.1 Å². The average Bonchev–Trinajstić information content (AvgIpc) is 2.26. The summed E-state index contributed by atoms with van der Waals surface area (Å²) < 4.78 is 18.5. The van der Waals surface area contributed by atoms with Crippen molar-refractivity contribution in [2.45, 2.75) is 26.4 Å². The molecule has 0 aromatic heterocycles. The van der Waals surface area contributed by atoms with Crippen molar-refractivity contribution in [3.8, 4) is 5.75 Å². The first-order valence-corrected chi connectivity index (χ1v) is 5.43. The molecule has 5 heteroatoms. The molecule has 0 saturated carbocycles. The fourth-order valence-corrected chi connectivity index (χ4v) is 1.30. The van der Waals surface area contributed by atoms with Crippen LogP contribution in [0.5, 0.6) is 5.75 Å². The summed E-state index contributed by atoms with van der Waals surface area (Å²) in [6.07, 6.45) is 0. The lowest BCUT2D eigenvalue weighted by molar-refractivity contribution is -0.123. The summed E-state index contributed by atoms with van der Waals surface area (Å²) in [5, 5.41) is 2.65. The van der Waals surface area contributed by atoms with Crippen LogP contribution in [0.2, 0.25) is 0 Å². The van der Waals surface area contributed by atoms with Gasteiger partial charge in [0.2, 0.25) is 0 Å². The molecule has 1 aromatic carbocycles. The molecule has 0 aliphatic carbocycles. The third-order valence-corrected chi connectivity index (χ3v) is 2.04. The lowest BCUT2D eigenvalue weighted by atomic mass is 10.2. The highest BCUT2D eigenvalue weighted by molar-refractivity contribution is 5.77. The van der Waals surface area contributed by atoms with Gasteiger partial charge in [-0.15, -0.1) is 0 Å². The first-order valence-electron chi connectivity index (χ1n) is 5.43. The predicted molar refractivity (Wildman–Crippen MR) is 63.1 cm³/mol. The molecule has 1 rings (SSSR count). The maximum atomic E-state index is 13.4. The van der Waals surface area contributed by atoms with E-state index in [0.717, 1.165) is 0 Å². The van der Waals surface area contributed by atoms with Crippen LogP contribution in [0.15, 0.2) is 18.2 Å². The molecule has 0 bridgehead atoms. The minimum atomic E-state index is -0.509. The van der Waals surface area contributed by atoms with E-state index >= 15 is 0 Å². The Morgan fingerprint density at radius 3 is 2.76 bits per heavy atom. The summed E-state index contributed by atoms with van der Waals surface area (Å²) in [6, 6.07) is 4.48. The van der Waals surface area contributed by atoms with E-state index in [1.54, 1.807) is 6.07 Å². The number of nitrogens with two attached hydrogens (primary N) is 1. The van der Waals surface area contributed by atoms with Crippen LogP contribution in [0, 0.1) is 5.82 Å². The number of amides is 1. The number of benzene rings is 1. The molecule has 1 aromatic rings. The van der Waals surface area contributed by atoms with Gasteiger partial charge >= 0.3 is 0 Å². The minimum absolute atomic E-state index is 0.0376. The third-order valence-electron chi connectivity index (χ3n) is 2.04. The van der Waals surface area contributed by atoms with Crippen LogP contribution in [0.4, 0.5) is 4.39 Å². The van der Waals surface area contributed by atoms with Crippen LogP contribution in [0.3, 0.4) is 0 Å². The van der Waals surface area contributed by atoms with E-state index in [4.69, 9.17) is 10.5 Å². The van der Waals surface area contributed by atoms with E-state index in [1.807, 2.05) is 13.8 Å². The molecule has 0 unspecified atom stereocenters. The van der Waals surface area contributed by atoms with Gasteiger partial charge in [0.25, 0.3) is 5.91 Å². The van der Waals surface area contributed by atoms with Gasteiger partial charge in [-0.1, -0.05) is 6.07 Å². The highest BCUT2D eigenvalue weighted by Crippen LogP contribution is 2.17. The standard InChI is InChI=1S/C12H17FN2O2/c1-8(2)15-12(16)7-17-11-4-3-9(6-14)5-10(11)13/h3-5,8H,6-7,14H2,1-2H3,(H,15,16). The molecule has 0 spiro atoms. The Hall–Kier alpha value is -1.62. The van der Waals surface area contributed by atoms with Crippen molar-refractivity contribution in [3.05, 3.63) is 29.6 Å². The van der Waals surface area contributed by atoms with Gasteiger partial charge in [-0.05, 0) is 31.5 Å². The summed E-state index contributed by atoms with van der Waals surface area (Å²) in [7, 11) is 0. The fraction of sp³-hybridized carbons (Fsp3) is 0.417. The van der Waals surface area contributed by atoms with Gasteiger partial charge in [0.05, 0.1) is 0 Å². The number of hydrogen-bond acceptors (Lipinski definition) is 3. The Bertz CT molecular complexity index is 394. The molecule has 17 heavy (non-hydrogen) atoms. The van der Waals surface area contributed by atoms with Crippen LogP contribution in [-0.2, 0) is 11.3 Å². The molecular formula is C12H17FN2O2. The van der Waals surface area contributed by atoms with Gasteiger partial charge in [-0.2, -0.15) is 0 Å². The van der Waals surface area contributed by atoms with Crippen LogP contribution < -0.4 is 15.8 Å². The van der Waals surface area contributed by atoms with E-state index in [9.17, 15) is 9.18 Å². The molecule has 0 aliphatic heterocycles. The van der Waals surface area contributed by atoms with Crippen molar-refractivity contribution in [3.63, 3.8) is 0 Å². The summed E-state index contributed by atoms with van der Waals surface area (Å²) in [4.78, 5) is 11.3. The Balaban J connectivity index is 2.55. The topological polar surface area (TPSA) is 64.3 Å². The average molecular weight is 240 g/mol. The SMILES string of the molecule is CC(C)NC(=O)COc1ccc(CN)cc1F. The number of nitrogens with one attached hydrogen (secondary N) is 1. The van der Waals surface area contributed by atoms with Crippen molar-refractivity contribution in [2.75, 3.05) is 6.61 Å². The van der Waals surface area contributed by atoms with Crippen LogP contribution in [0.25, 0.3) is 0 Å². The zero-order valence-corrected chi connectivity index (χ0v) is 10.00. The molecule has 4 nitrogen and oxygen atoms in total. The van der Waals surface area contributed by atoms with Crippen molar-refractivity contribution in [1.82, 2.24) is 5.32 Å². The van der Waals surface area contributed by atoms with Gasteiger partial charge in [-0.3, -0.25) is 4.79 Å². The van der Waals surface area contributed by atoms with E-state index < -0.39 is 5.82 Å². The van der Waals surface area contributed by atoms with Crippen LogP contribution >= 0.6 is 0 Å². The van der Waals surface area contributed by atoms with E-state index in [0.29, 0.717) is 5.56 Å². The van der Waals surface area contributed by atoms with E-state index in [-0.39, 0.29) is 30.9 Å². The highest BCUT2D eigenvalue weighted by Gasteiger charge is 2.08. The van der Waals surface area contributed by atoms with Crippen LogP contribution in [0.1, 0.15) is 19.4 Å². The molecule has 0 radical (unpaired) electrons. The van der Waals surface area contributed by atoms with Crippen molar-refractivity contribution < 1.29 is 13.9 Å². The van der Waals surface area contributed by atoms with Gasteiger partial charge in [0.15, 0.2) is 18.2 Å². The van der Waals surface area contributed by atoms with Gasteiger partial charge in [0, 0.05) is 12.6 Å². The molecule has 0 saturated heterocycles. The van der Waals surface area contributed by atoms with Crippen molar-refractivity contribution in [2.24, 2.45) is 5.73 Å². The molecule has 0 aliphatic rings. The fourth-order valence-electron chi connectivity index (χ4n) is 1.30. The first kappa shape index (κ1) is 13.4. The van der Waals surface area contributed by atoms with Gasteiger partial charge in [-0.25, -0.2) is 4.39 Å². The zero-order valence-electron chi connectivity index (χ0n) is 10.00. The number of hydrogen-bond donors (Lipinski definition) is 2. The minimum Gasteiger partial charge on any atom is -0.481 e. The molecular weight excluding hydrogens is 223 g/mol. The lowest BCUT2D eigenvalue weighted by Gasteiger charge is -2.10. The number of halogens is 1. The largest absolute Gasteiger partial charge is 0.481 e. The number of carbonyl (C=O) groups excluding carboxylic acids is 1. The summed E-state index contributed by atoms with van der Waals surface area (Å²) >= 11 is 0. The maximum Gasteiger partial charge on any atom is 0.258 e. The summed E-state index contributed by atoms with van der Waals surface area (Å²) in [6.45, 7) is 3.76. The molecule has 3 N–H and O–H groups in total. The summed E-state index contributed by atoms with van der Waals surface area (Å²) in [5.74, 6) is -0.728. The number of carbonyl (C=O) groups is 1. The quantitative estimate of drug-likeness (QED) is 0.812.